The number of rotatable bonds is 5. The third kappa shape index (κ3) is 3.34. The lowest BCUT2D eigenvalue weighted by atomic mass is 10.0. The first-order valence-electron chi connectivity index (χ1n) is 9.69. The molecule has 30 heavy (non-hydrogen) atoms. The zero-order valence-electron chi connectivity index (χ0n) is 16.8. The van der Waals surface area contributed by atoms with Crippen molar-refractivity contribution in [3.8, 4) is 0 Å². The van der Waals surface area contributed by atoms with Gasteiger partial charge in [0.2, 0.25) is 0 Å². The average molecular weight is 402 g/mol. The Morgan fingerprint density at radius 1 is 1.23 bits per heavy atom. The maximum absolute atomic E-state index is 13.4. The first-order chi connectivity index (χ1) is 14.5. The number of esters is 1. The van der Waals surface area contributed by atoms with Crippen molar-refractivity contribution in [3.63, 3.8) is 0 Å². The molecule has 1 aromatic carbocycles. The Labute approximate surface area is 174 Å². The molecule has 1 amide bonds. The molecule has 0 radical (unpaired) electrons. The highest BCUT2D eigenvalue weighted by atomic mass is 16.5. The molecule has 0 spiro atoms. The molecule has 0 fully saturated rings. The van der Waals surface area contributed by atoms with Gasteiger partial charge in [0.05, 0.1) is 35.7 Å². The van der Waals surface area contributed by atoms with Crippen LogP contribution in [0.5, 0.6) is 0 Å². The van der Waals surface area contributed by atoms with E-state index in [1.165, 1.54) is 0 Å². The van der Waals surface area contributed by atoms with Gasteiger partial charge in [0.1, 0.15) is 11.4 Å². The molecule has 4 rings (SSSR count). The zero-order chi connectivity index (χ0) is 21.3. The van der Waals surface area contributed by atoms with E-state index in [1.807, 2.05) is 42.5 Å². The second kappa shape index (κ2) is 7.87. The molecule has 152 valence electrons. The number of pyridine rings is 1. The summed E-state index contributed by atoms with van der Waals surface area (Å²) in [6.07, 6.45) is 3.50. The number of H-pyrrole nitrogens is 1. The van der Waals surface area contributed by atoms with Crippen LogP contribution in [0, 0.1) is 6.92 Å². The second-order valence-corrected chi connectivity index (χ2v) is 6.97. The highest BCUT2D eigenvalue weighted by molar-refractivity contribution is 6.37. The van der Waals surface area contributed by atoms with E-state index in [-0.39, 0.29) is 23.8 Å². The van der Waals surface area contributed by atoms with Crippen LogP contribution in [0.25, 0.3) is 11.6 Å². The standard InChI is InChI=1S/C23H22N4O3/c1-3-30-23(29)18-14(2)26-21-19(20(18)24)17(12-16-10-7-11-25-16)22(28)27(21)13-15-8-5-4-6-9-15/h4-12,25H,3,13H2,1-2H3,(H2,24,26)/b17-12-. The monoisotopic (exact) mass is 402 g/mol. The number of anilines is 2. The van der Waals surface area contributed by atoms with E-state index in [1.54, 1.807) is 31.0 Å². The lowest BCUT2D eigenvalue weighted by Gasteiger charge is -2.18. The number of nitrogens with two attached hydrogens (primary N) is 1. The number of amides is 1. The fraction of sp³-hybridized carbons (Fsp3) is 0.174. The van der Waals surface area contributed by atoms with Gasteiger partial charge in [-0.25, -0.2) is 9.78 Å². The minimum Gasteiger partial charge on any atom is -0.462 e. The SMILES string of the molecule is CCOC(=O)c1c(C)nc2c(c1N)/C(=C/c1ccc[nH]1)C(=O)N2Cc1ccccc1. The minimum absolute atomic E-state index is 0.197. The number of hydrogen-bond acceptors (Lipinski definition) is 5. The van der Waals surface area contributed by atoms with Crippen molar-refractivity contribution in [2.75, 3.05) is 17.2 Å². The number of hydrogen-bond donors (Lipinski definition) is 2. The fourth-order valence-corrected chi connectivity index (χ4v) is 3.62. The van der Waals surface area contributed by atoms with Crippen molar-refractivity contribution in [3.05, 3.63) is 76.7 Å². The first-order valence-corrected chi connectivity index (χ1v) is 9.69. The number of ether oxygens (including phenoxy) is 1. The molecule has 0 bridgehead atoms. The summed E-state index contributed by atoms with van der Waals surface area (Å²) in [6.45, 7) is 3.99. The molecular weight excluding hydrogens is 380 g/mol. The summed E-state index contributed by atoms with van der Waals surface area (Å²) in [6, 6.07) is 13.4. The number of benzene rings is 1. The molecule has 3 aromatic rings. The van der Waals surface area contributed by atoms with Gasteiger partial charge in [-0.15, -0.1) is 0 Å². The van der Waals surface area contributed by atoms with Crippen molar-refractivity contribution in [1.29, 1.82) is 0 Å². The Hall–Kier alpha value is -3.87. The summed E-state index contributed by atoms with van der Waals surface area (Å²) in [5, 5.41) is 0. The zero-order valence-corrected chi connectivity index (χ0v) is 16.8. The summed E-state index contributed by atoms with van der Waals surface area (Å²) in [4.78, 5) is 35.2. The average Bonchev–Trinajstić information content (AvgIpc) is 3.32. The minimum atomic E-state index is -0.545. The van der Waals surface area contributed by atoms with Gasteiger partial charge in [0, 0.05) is 11.9 Å². The number of carbonyl (C=O) groups is 2. The lowest BCUT2D eigenvalue weighted by molar-refractivity contribution is -0.113. The van der Waals surface area contributed by atoms with Gasteiger partial charge in [-0.2, -0.15) is 0 Å². The second-order valence-electron chi connectivity index (χ2n) is 6.97. The van der Waals surface area contributed by atoms with Crippen molar-refractivity contribution in [1.82, 2.24) is 9.97 Å². The summed E-state index contributed by atoms with van der Waals surface area (Å²) >= 11 is 0. The van der Waals surface area contributed by atoms with Gasteiger partial charge in [0.15, 0.2) is 0 Å². The topological polar surface area (TPSA) is 101 Å². The van der Waals surface area contributed by atoms with E-state index in [2.05, 4.69) is 9.97 Å². The highest BCUT2D eigenvalue weighted by Gasteiger charge is 2.38. The molecule has 1 aliphatic heterocycles. The Morgan fingerprint density at radius 3 is 2.67 bits per heavy atom. The van der Waals surface area contributed by atoms with Crippen molar-refractivity contribution in [2.45, 2.75) is 20.4 Å². The van der Waals surface area contributed by atoms with E-state index in [4.69, 9.17) is 10.5 Å². The van der Waals surface area contributed by atoms with Crippen molar-refractivity contribution < 1.29 is 14.3 Å². The van der Waals surface area contributed by atoms with Crippen molar-refractivity contribution >= 4 is 35.0 Å². The Morgan fingerprint density at radius 2 is 2.00 bits per heavy atom. The van der Waals surface area contributed by atoms with Gasteiger partial charge < -0.3 is 15.5 Å². The Balaban J connectivity index is 1.89. The maximum Gasteiger partial charge on any atom is 0.342 e. The molecule has 7 nitrogen and oxygen atoms in total. The van der Waals surface area contributed by atoms with Crippen LogP contribution in [0.3, 0.4) is 0 Å². The summed E-state index contributed by atoms with van der Waals surface area (Å²) < 4.78 is 5.16. The molecule has 0 saturated heterocycles. The number of nitrogens with one attached hydrogen (secondary N) is 1. The van der Waals surface area contributed by atoms with Crippen LogP contribution in [-0.4, -0.2) is 28.5 Å². The summed E-state index contributed by atoms with van der Waals surface area (Å²) in [7, 11) is 0. The van der Waals surface area contributed by atoms with Gasteiger partial charge in [-0.1, -0.05) is 30.3 Å². The molecule has 0 aliphatic carbocycles. The molecule has 2 aromatic heterocycles. The highest BCUT2D eigenvalue weighted by Crippen LogP contribution is 2.43. The van der Waals surface area contributed by atoms with E-state index >= 15 is 0 Å². The number of fused-ring (bicyclic) bond motifs is 1. The summed E-state index contributed by atoms with van der Waals surface area (Å²) in [5.74, 6) is -0.316. The Bertz CT molecular complexity index is 1140. The number of nitrogen functional groups attached to an aromatic ring is 1. The maximum atomic E-state index is 13.4. The normalized spacial score (nSPS) is 14.3. The number of aromatic nitrogens is 2. The molecule has 1 aliphatic rings. The van der Waals surface area contributed by atoms with Gasteiger partial charge >= 0.3 is 5.97 Å². The van der Waals surface area contributed by atoms with Crippen LogP contribution in [0.1, 0.15) is 39.8 Å². The van der Waals surface area contributed by atoms with Gasteiger partial charge in [-0.05, 0) is 37.6 Å². The molecular formula is C23H22N4O3. The van der Waals surface area contributed by atoms with Crippen LogP contribution in [0.4, 0.5) is 11.5 Å². The van der Waals surface area contributed by atoms with Crippen LogP contribution >= 0.6 is 0 Å². The Kier molecular flexibility index (Phi) is 5.10. The van der Waals surface area contributed by atoms with Gasteiger partial charge in [-0.3, -0.25) is 9.69 Å². The van der Waals surface area contributed by atoms with E-state index in [0.717, 1.165) is 11.3 Å². The van der Waals surface area contributed by atoms with Crippen molar-refractivity contribution in [2.24, 2.45) is 0 Å². The van der Waals surface area contributed by atoms with Crippen LogP contribution in [-0.2, 0) is 16.1 Å². The lowest BCUT2D eigenvalue weighted by Crippen LogP contribution is -2.26. The van der Waals surface area contributed by atoms with Crippen LogP contribution in [0.2, 0.25) is 0 Å². The smallest absolute Gasteiger partial charge is 0.342 e. The molecule has 0 unspecified atom stereocenters. The number of aryl methyl sites for hydroxylation is 1. The predicted octanol–water partition coefficient (Wildman–Crippen LogP) is 3.56. The first kappa shape index (κ1) is 19.4. The van der Waals surface area contributed by atoms with Crippen LogP contribution in [0.15, 0.2) is 48.7 Å². The molecule has 3 heterocycles. The molecule has 0 saturated carbocycles. The number of nitrogens with zero attached hydrogens (tertiary/aromatic N) is 2. The number of carbonyl (C=O) groups excluding carboxylic acids is 2. The number of aromatic amines is 1. The van der Waals surface area contributed by atoms with E-state index in [9.17, 15) is 9.59 Å². The fourth-order valence-electron chi connectivity index (χ4n) is 3.62. The quantitative estimate of drug-likeness (QED) is 0.502. The molecule has 7 heteroatoms. The van der Waals surface area contributed by atoms with E-state index < -0.39 is 5.97 Å². The third-order valence-corrected chi connectivity index (χ3v) is 4.98. The largest absolute Gasteiger partial charge is 0.462 e. The third-order valence-electron chi connectivity index (χ3n) is 4.98. The summed E-state index contributed by atoms with van der Waals surface area (Å²) in [5.41, 5.74) is 9.83. The van der Waals surface area contributed by atoms with Crippen LogP contribution < -0.4 is 10.6 Å². The molecule has 3 N–H and O–H groups in total. The molecule has 0 atom stereocenters. The van der Waals surface area contributed by atoms with Gasteiger partial charge in [0.25, 0.3) is 5.91 Å². The predicted molar refractivity (Wildman–Crippen MR) is 116 cm³/mol. The van der Waals surface area contributed by atoms with E-state index in [0.29, 0.717) is 29.2 Å².